The SMILES string of the molecule is COc1ccc(Br)cc1S(=O)(=O)NC1CCNC1. The molecule has 1 aromatic carbocycles. The molecule has 0 radical (unpaired) electrons. The van der Waals surface area contributed by atoms with Gasteiger partial charge in [-0.05, 0) is 31.2 Å². The molecular weight excluding hydrogens is 320 g/mol. The largest absolute Gasteiger partial charge is 0.495 e. The van der Waals surface area contributed by atoms with Crippen molar-refractivity contribution in [1.82, 2.24) is 10.0 Å². The van der Waals surface area contributed by atoms with Crippen LogP contribution >= 0.6 is 15.9 Å². The molecule has 1 unspecified atom stereocenters. The van der Waals surface area contributed by atoms with Crippen LogP contribution in [0.15, 0.2) is 27.6 Å². The Labute approximate surface area is 115 Å². The van der Waals surface area contributed by atoms with Crippen LogP contribution in [0.4, 0.5) is 0 Å². The average Bonchev–Trinajstić information content (AvgIpc) is 2.81. The van der Waals surface area contributed by atoms with Gasteiger partial charge in [-0.25, -0.2) is 13.1 Å². The van der Waals surface area contributed by atoms with Crippen LogP contribution in [0.25, 0.3) is 0 Å². The fourth-order valence-electron chi connectivity index (χ4n) is 1.90. The monoisotopic (exact) mass is 334 g/mol. The normalized spacial score (nSPS) is 20.0. The molecule has 0 bridgehead atoms. The smallest absolute Gasteiger partial charge is 0.244 e. The number of benzene rings is 1. The van der Waals surface area contributed by atoms with Crippen molar-refractivity contribution >= 4 is 26.0 Å². The number of sulfonamides is 1. The molecule has 18 heavy (non-hydrogen) atoms. The molecule has 0 spiro atoms. The maximum Gasteiger partial charge on any atom is 0.244 e. The third-order valence-electron chi connectivity index (χ3n) is 2.80. The lowest BCUT2D eigenvalue weighted by Crippen LogP contribution is -2.36. The topological polar surface area (TPSA) is 67.4 Å². The molecule has 1 aliphatic heterocycles. The van der Waals surface area contributed by atoms with E-state index in [2.05, 4.69) is 26.0 Å². The molecule has 1 aliphatic rings. The Bertz CT molecular complexity index is 527. The van der Waals surface area contributed by atoms with Gasteiger partial charge in [0.2, 0.25) is 10.0 Å². The lowest BCUT2D eigenvalue weighted by Gasteiger charge is -2.14. The van der Waals surface area contributed by atoms with Crippen LogP contribution in [0.1, 0.15) is 6.42 Å². The van der Waals surface area contributed by atoms with Crippen LogP contribution in [-0.2, 0) is 10.0 Å². The number of ether oxygens (including phenoxy) is 1. The van der Waals surface area contributed by atoms with Gasteiger partial charge in [0.05, 0.1) is 7.11 Å². The number of halogens is 1. The molecule has 0 saturated carbocycles. The zero-order valence-electron chi connectivity index (χ0n) is 9.94. The van der Waals surface area contributed by atoms with Crippen LogP contribution < -0.4 is 14.8 Å². The standard InChI is InChI=1S/C11H15BrN2O3S/c1-17-10-3-2-8(12)6-11(10)18(15,16)14-9-4-5-13-7-9/h2-3,6,9,13-14H,4-5,7H2,1H3. The van der Waals surface area contributed by atoms with Crippen LogP contribution in [-0.4, -0.2) is 34.7 Å². The Morgan fingerprint density at radius 2 is 2.28 bits per heavy atom. The molecule has 1 fully saturated rings. The minimum Gasteiger partial charge on any atom is -0.495 e. The lowest BCUT2D eigenvalue weighted by atomic mass is 10.3. The van der Waals surface area contributed by atoms with E-state index in [1.54, 1.807) is 18.2 Å². The van der Waals surface area contributed by atoms with Crippen molar-refractivity contribution < 1.29 is 13.2 Å². The first-order chi connectivity index (χ1) is 8.53. The molecule has 7 heteroatoms. The molecule has 0 aliphatic carbocycles. The highest BCUT2D eigenvalue weighted by atomic mass is 79.9. The summed E-state index contributed by atoms with van der Waals surface area (Å²) in [7, 11) is -2.10. The first-order valence-electron chi connectivity index (χ1n) is 5.59. The third-order valence-corrected chi connectivity index (χ3v) is 4.83. The molecule has 0 aromatic heterocycles. The van der Waals surface area contributed by atoms with E-state index < -0.39 is 10.0 Å². The molecule has 5 nitrogen and oxygen atoms in total. The maximum absolute atomic E-state index is 12.3. The van der Waals surface area contributed by atoms with Crippen molar-refractivity contribution in [2.24, 2.45) is 0 Å². The zero-order chi connectivity index (χ0) is 13.2. The molecule has 1 atom stereocenters. The first-order valence-corrected chi connectivity index (χ1v) is 7.87. The predicted molar refractivity (Wildman–Crippen MR) is 72.3 cm³/mol. The molecule has 2 rings (SSSR count). The molecule has 100 valence electrons. The highest BCUT2D eigenvalue weighted by molar-refractivity contribution is 9.10. The highest BCUT2D eigenvalue weighted by Crippen LogP contribution is 2.27. The highest BCUT2D eigenvalue weighted by Gasteiger charge is 2.25. The van der Waals surface area contributed by atoms with Crippen LogP contribution in [0.5, 0.6) is 5.75 Å². The third kappa shape index (κ3) is 3.03. The van der Waals surface area contributed by atoms with Crippen LogP contribution in [0.2, 0.25) is 0 Å². The van der Waals surface area contributed by atoms with E-state index in [9.17, 15) is 8.42 Å². The van der Waals surface area contributed by atoms with Gasteiger partial charge in [-0.15, -0.1) is 0 Å². The number of hydrogen-bond acceptors (Lipinski definition) is 4. The molecular formula is C11H15BrN2O3S. The second-order valence-electron chi connectivity index (χ2n) is 4.11. The van der Waals surface area contributed by atoms with Gasteiger partial charge in [-0.1, -0.05) is 15.9 Å². The summed E-state index contributed by atoms with van der Waals surface area (Å²) in [4.78, 5) is 0.159. The summed E-state index contributed by atoms with van der Waals surface area (Å²) in [6.07, 6.45) is 0.801. The number of methoxy groups -OCH3 is 1. The van der Waals surface area contributed by atoms with Gasteiger partial charge in [0.15, 0.2) is 0 Å². The summed E-state index contributed by atoms with van der Waals surface area (Å²) < 4.78 is 33.0. The van der Waals surface area contributed by atoms with Gasteiger partial charge >= 0.3 is 0 Å². The van der Waals surface area contributed by atoms with E-state index >= 15 is 0 Å². The van der Waals surface area contributed by atoms with Gasteiger partial charge in [-0.3, -0.25) is 0 Å². The Morgan fingerprint density at radius 1 is 1.50 bits per heavy atom. The maximum atomic E-state index is 12.3. The molecule has 1 saturated heterocycles. The molecule has 2 N–H and O–H groups in total. The molecule has 0 amide bonds. The zero-order valence-corrected chi connectivity index (χ0v) is 12.3. The van der Waals surface area contributed by atoms with Crippen molar-refractivity contribution in [2.75, 3.05) is 20.2 Å². The van der Waals surface area contributed by atoms with Crippen LogP contribution in [0, 0.1) is 0 Å². The first kappa shape index (κ1) is 13.8. The Morgan fingerprint density at radius 3 is 2.89 bits per heavy atom. The quantitative estimate of drug-likeness (QED) is 0.865. The molecule has 1 aromatic rings. The van der Waals surface area contributed by atoms with Crippen molar-refractivity contribution in [1.29, 1.82) is 0 Å². The van der Waals surface area contributed by atoms with Gasteiger partial charge in [0.25, 0.3) is 0 Å². The van der Waals surface area contributed by atoms with E-state index in [1.807, 2.05) is 0 Å². The minimum atomic E-state index is -3.55. The van der Waals surface area contributed by atoms with E-state index in [0.717, 1.165) is 13.0 Å². The average molecular weight is 335 g/mol. The summed E-state index contributed by atoms with van der Waals surface area (Å²) in [5.74, 6) is 0.344. The second-order valence-corrected chi connectivity index (χ2v) is 6.70. The predicted octanol–water partition coefficient (Wildman–Crippen LogP) is 1.10. The summed E-state index contributed by atoms with van der Waals surface area (Å²) >= 11 is 3.27. The van der Waals surface area contributed by atoms with Gasteiger partial charge in [-0.2, -0.15) is 0 Å². The summed E-state index contributed by atoms with van der Waals surface area (Å²) in [6, 6.07) is 4.86. The van der Waals surface area contributed by atoms with E-state index in [-0.39, 0.29) is 10.9 Å². The summed E-state index contributed by atoms with van der Waals surface area (Å²) in [6.45, 7) is 1.50. The van der Waals surface area contributed by atoms with Gasteiger partial charge < -0.3 is 10.1 Å². The summed E-state index contributed by atoms with van der Waals surface area (Å²) in [5, 5.41) is 3.12. The minimum absolute atomic E-state index is 0.0568. The van der Waals surface area contributed by atoms with Crippen LogP contribution in [0.3, 0.4) is 0 Å². The van der Waals surface area contributed by atoms with E-state index in [0.29, 0.717) is 16.8 Å². The second kappa shape index (κ2) is 5.56. The summed E-state index contributed by atoms with van der Waals surface area (Å²) in [5.41, 5.74) is 0. The Hall–Kier alpha value is -0.630. The molecule has 1 heterocycles. The van der Waals surface area contributed by atoms with E-state index in [1.165, 1.54) is 7.11 Å². The van der Waals surface area contributed by atoms with Gasteiger partial charge in [0, 0.05) is 17.1 Å². The van der Waals surface area contributed by atoms with E-state index in [4.69, 9.17) is 4.74 Å². The Kier molecular flexibility index (Phi) is 4.26. The Balaban J connectivity index is 2.30. The van der Waals surface area contributed by atoms with Gasteiger partial charge in [0.1, 0.15) is 10.6 Å². The fourth-order valence-corrected chi connectivity index (χ4v) is 3.88. The lowest BCUT2D eigenvalue weighted by molar-refractivity contribution is 0.402. The van der Waals surface area contributed by atoms with Crippen molar-refractivity contribution in [3.63, 3.8) is 0 Å². The fraction of sp³-hybridized carbons (Fsp3) is 0.455. The van der Waals surface area contributed by atoms with Crippen molar-refractivity contribution in [2.45, 2.75) is 17.4 Å². The van der Waals surface area contributed by atoms with Crippen molar-refractivity contribution in [3.8, 4) is 5.75 Å². The van der Waals surface area contributed by atoms with Crippen molar-refractivity contribution in [3.05, 3.63) is 22.7 Å². The number of rotatable bonds is 4. The number of nitrogens with one attached hydrogen (secondary N) is 2. The number of hydrogen-bond donors (Lipinski definition) is 2.